The number of aromatic nitrogens is 2. The van der Waals surface area contributed by atoms with Crippen LogP contribution in [0.2, 0.25) is 0 Å². The number of amides is 2. The Hall–Kier alpha value is -2.57. The lowest BCUT2D eigenvalue weighted by atomic mass is 10.2. The number of rotatable bonds is 2. The summed E-state index contributed by atoms with van der Waals surface area (Å²) in [6.07, 6.45) is 2.13. The number of hydrogen-bond acceptors (Lipinski definition) is 3. The third-order valence-corrected chi connectivity index (χ3v) is 4.16. The maximum Gasteiger partial charge on any atom is 0.407 e. The summed E-state index contributed by atoms with van der Waals surface area (Å²) >= 11 is 0. The molecule has 0 bridgehead atoms. The second kappa shape index (κ2) is 5.32. The van der Waals surface area contributed by atoms with Crippen molar-refractivity contribution in [2.75, 3.05) is 18.5 Å². The highest BCUT2D eigenvalue weighted by molar-refractivity contribution is 5.98. The molecule has 116 valence electrons. The number of carbonyl (C=O) groups excluding carboxylic acids is 1. The van der Waals surface area contributed by atoms with Gasteiger partial charge in [-0.1, -0.05) is 0 Å². The third-order valence-electron chi connectivity index (χ3n) is 4.16. The van der Waals surface area contributed by atoms with E-state index in [9.17, 15) is 14.7 Å². The maximum absolute atomic E-state index is 12.6. The second-order valence-electron chi connectivity index (χ2n) is 5.54. The van der Waals surface area contributed by atoms with Gasteiger partial charge in [-0.3, -0.25) is 14.6 Å². The van der Waals surface area contributed by atoms with E-state index < -0.39 is 12.1 Å². The molecular weight excluding hydrogens is 284 g/mol. The number of carbonyl (C=O) groups is 2. The van der Waals surface area contributed by atoms with E-state index in [-0.39, 0.29) is 5.91 Å². The molecule has 3 heterocycles. The van der Waals surface area contributed by atoms with Gasteiger partial charge in [0.25, 0.3) is 5.91 Å². The highest BCUT2D eigenvalue weighted by atomic mass is 16.4. The van der Waals surface area contributed by atoms with Crippen molar-refractivity contribution in [2.45, 2.75) is 18.9 Å². The van der Waals surface area contributed by atoms with Gasteiger partial charge < -0.3 is 9.67 Å². The second-order valence-corrected chi connectivity index (χ2v) is 5.54. The molecule has 7 nitrogen and oxygen atoms in total. The molecule has 0 unspecified atom stereocenters. The normalized spacial score (nSPS) is 17.9. The van der Waals surface area contributed by atoms with Gasteiger partial charge >= 0.3 is 6.09 Å². The van der Waals surface area contributed by atoms with E-state index in [1.165, 1.54) is 9.80 Å². The Labute approximate surface area is 127 Å². The molecule has 1 saturated heterocycles. The maximum atomic E-state index is 12.6. The lowest BCUT2D eigenvalue weighted by molar-refractivity contribution is -0.122. The molecule has 2 aromatic rings. The SMILES string of the molecule is CN(C(=O)[C@@H]1CCCN1C(=O)O)c1ccc2ccn(C)c2n1. The van der Waals surface area contributed by atoms with Gasteiger partial charge in [-0.05, 0) is 31.0 Å². The molecule has 1 N–H and O–H groups in total. The smallest absolute Gasteiger partial charge is 0.407 e. The van der Waals surface area contributed by atoms with Gasteiger partial charge in [0, 0.05) is 32.2 Å². The van der Waals surface area contributed by atoms with Crippen molar-refractivity contribution in [1.29, 1.82) is 0 Å². The topological polar surface area (TPSA) is 78.7 Å². The molecule has 1 fully saturated rings. The summed E-state index contributed by atoms with van der Waals surface area (Å²) in [4.78, 5) is 30.9. The van der Waals surface area contributed by atoms with Crippen molar-refractivity contribution in [2.24, 2.45) is 7.05 Å². The predicted octanol–water partition coefficient (Wildman–Crippen LogP) is 1.68. The lowest BCUT2D eigenvalue weighted by Crippen LogP contribution is -2.46. The Morgan fingerprint density at radius 1 is 1.36 bits per heavy atom. The van der Waals surface area contributed by atoms with E-state index in [0.717, 1.165) is 11.0 Å². The van der Waals surface area contributed by atoms with Crippen LogP contribution in [-0.2, 0) is 11.8 Å². The number of fused-ring (bicyclic) bond motifs is 1. The predicted molar refractivity (Wildman–Crippen MR) is 81.9 cm³/mol. The van der Waals surface area contributed by atoms with Crippen LogP contribution < -0.4 is 4.90 Å². The van der Waals surface area contributed by atoms with E-state index in [2.05, 4.69) is 4.98 Å². The fourth-order valence-electron chi connectivity index (χ4n) is 2.90. The van der Waals surface area contributed by atoms with Crippen LogP contribution in [0.1, 0.15) is 12.8 Å². The van der Waals surface area contributed by atoms with Crippen molar-refractivity contribution in [3.8, 4) is 0 Å². The monoisotopic (exact) mass is 302 g/mol. The van der Waals surface area contributed by atoms with Crippen LogP contribution in [0.25, 0.3) is 11.0 Å². The van der Waals surface area contributed by atoms with Gasteiger partial charge in [-0.15, -0.1) is 0 Å². The van der Waals surface area contributed by atoms with Crippen LogP contribution in [0.4, 0.5) is 10.6 Å². The number of hydrogen-bond donors (Lipinski definition) is 1. The molecule has 1 aliphatic heterocycles. The first-order valence-corrected chi connectivity index (χ1v) is 7.18. The van der Waals surface area contributed by atoms with Gasteiger partial charge in [0.2, 0.25) is 0 Å². The number of aryl methyl sites for hydroxylation is 1. The van der Waals surface area contributed by atoms with Gasteiger partial charge in [0.1, 0.15) is 17.5 Å². The molecule has 3 rings (SSSR count). The zero-order valence-electron chi connectivity index (χ0n) is 12.6. The average Bonchev–Trinajstić information content (AvgIpc) is 3.13. The minimum absolute atomic E-state index is 0.235. The van der Waals surface area contributed by atoms with Crippen LogP contribution in [0.5, 0.6) is 0 Å². The summed E-state index contributed by atoms with van der Waals surface area (Å²) in [5.41, 5.74) is 0.790. The molecule has 0 aliphatic carbocycles. The zero-order chi connectivity index (χ0) is 15.9. The van der Waals surface area contributed by atoms with Crippen molar-refractivity contribution in [3.05, 3.63) is 24.4 Å². The Morgan fingerprint density at radius 3 is 2.86 bits per heavy atom. The average molecular weight is 302 g/mol. The van der Waals surface area contributed by atoms with Crippen molar-refractivity contribution >= 4 is 28.9 Å². The highest BCUT2D eigenvalue weighted by Gasteiger charge is 2.36. The molecule has 7 heteroatoms. The number of nitrogens with zero attached hydrogens (tertiary/aromatic N) is 4. The van der Waals surface area contributed by atoms with Gasteiger partial charge in [0.05, 0.1) is 0 Å². The summed E-state index contributed by atoms with van der Waals surface area (Å²) in [7, 11) is 3.53. The van der Waals surface area contributed by atoms with Crippen LogP contribution in [0, 0.1) is 0 Å². The number of anilines is 1. The fraction of sp³-hybridized carbons (Fsp3) is 0.400. The number of likely N-dealkylation sites (tertiary alicyclic amines) is 1. The minimum Gasteiger partial charge on any atom is -0.465 e. The molecule has 22 heavy (non-hydrogen) atoms. The van der Waals surface area contributed by atoms with E-state index in [1.807, 2.05) is 29.9 Å². The van der Waals surface area contributed by atoms with E-state index in [4.69, 9.17) is 0 Å². The Kier molecular flexibility index (Phi) is 3.48. The Morgan fingerprint density at radius 2 is 2.14 bits per heavy atom. The van der Waals surface area contributed by atoms with E-state index in [1.54, 1.807) is 13.1 Å². The Bertz CT molecular complexity index is 739. The molecule has 0 saturated carbocycles. The zero-order valence-corrected chi connectivity index (χ0v) is 12.6. The summed E-state index contributed by atoms with van der Waals surface area (Å²) in [5.74, 6) is 0.289. The molecule has 0 radical (unpaired) electrons. The van der Waals surface area contributed by atoms with Gasteiger partial charge in [0.15, 0.2) is 0 Å². The number of carboxylic acid groups (broad SMARTS) is 1. The first-order valence-electron chi connectivity index (χ1n) is 7.18. The quantitative estimate of drug-likeness (QED) is 0.915. The third kappa shape index (κ3) is 2.28. The molecule has 0 aromatic carbocycles. The first-order chi connectivity index (χ1) is 10.5. The first kappa shape index (κ1) is 14.4. The van der Waals surface area contributed by atoms with E-state index in [0.29, 0.717) is 25.2 Å². The summed E-state index contributed by atoms with van der Waals surface area (Å²) in [6.45, 7) is 0.407. The summed E-state index contributed by atoms with van der Waals surface area (Å²) in [5, 5.41) is 10.2. The fourth-order valence-corrected chi connectivity index (χ4v) is 2.90. The van der Waals surface area contributed by atoms with Crippen LogP contribution >= 0.6 is 0 Å². The van der Waals surface area contributed by atoms with Crippen LogP contribution in [-0.4, -0.2) is 51.2 Å². The largest absolute Gasteiger partial charge is 0.465 e. The molecular formula is C15H18N4O3. The summed E-state index contributed by atoms with van der Waals surface area (Å²) < 4.78 is 1.89. The minimum atomic E-state index is -1.05. The number of pyridine rings is 1. The van der Waals surface area contributed by atoms with E-state index >= 15 is 0 Å². The van der Waals surface area contributed by atoms with Crippen molar-refractivity contribution < 1.29 is 14.7 Å². The highest BCUT2D eigenvalue weighted by Crippen LogP contribution is 2.23. The molecule has 0 spiro atoms. The van der Waals surface area contributed by atoms with Gasteiger partial charge in [-0.2, -0.15) is 0 Å². The van der Waals surface area contributed by atoms with Crippen LogP contribution in [0.15, 0.2) is 24.4 Å². The molecule has 1 aliphatic rings. The number of likely N-dealkylation sites (N-methyl/N-ethyl adjacent to an activating group) is 1. The molecule has 1 atom stereocenters. The van der Waals surface area contributed by atoms with Crippen molar-refractivity contribution in [1.82, 2.24) is 14.5 Å². The van der Waals surface area contributed by atoms with Crippen LogP contribution in [0.3, 0.4) is 0 Å². The lowest BCUT2D eigenvalue weighted by Gasteiger charge is -2.25. The van der Waals surface area contributed by atoms with Gasteiger partial charge in [-0.25, -0.2) is 9.78 Å². The standard InChI is InChI=1S/C15H18N4O3/c1-17-9-7-10-5-6-12(16-13(10)17)18(2)14(20)11-4-3-8-19(11)15(21)22/h5-7,9,11H,3-4,8H2,1-2H3,(H,21,22)/t11-/m0/s1. The molecule has 2 aromatic heterocycles. The van der Waals surface area contributed by atoms with Crippen molar-refractivity contribution in [3.63, 3.8) is 0 Å². The summed E-state index contributed by atoms with van der Waals surface area (Å²) in [6, 6.07) is 5.02. The molecule has 2 amide bonds. The Balaban J connectivity index is 1.88.